The van der Waals surface area contributed by atoms with Gasteiger partial charge in [-0.3, -0.25) is 0 Å². The van der Waals surface area contributed by atoms with Crippen molar-refractivity contribution in [1.29, 1.82) is 0 Å². The molecule has 0 atom stereocenters. The predicted octanol–water partition coefficient (Wildman–Crippen LogP) is 5.34. The lowest BCUT2D eigenvalue weighted by molar-refractivity contribution is -0.155. The van der Waals surface area contributed by atoms with Crippen LogP contribution in [0, 0.1) is 0 Å². The van der Waals surface area contributed by atoms with Gasteiger partial charge in [0.15, 0.2) is 26.4 Å². The summed E-state index contributed by atoms with van der Waals surface area (Å²) >= 11 is 0. The molecule has 0 saturated carbocycles. The Morgan fingerprint density at radius 2 is 1.32 bits per heavy atom. The molecule has 0 aromatic rings. The van der Waals surface area contributed by atoms with Gasteiger partial charge in [-0.05, 0) is 55.7 Å². The number of carbonyl (C=O) groups excluding carboxylic acids is 1. The molecular formula is C20H44O5Si3. The summed E-state index contributed by atoms with van der Waals surface area (Å²) in [5.74, 6) is -0.318. The van der Waals surface area contributed by atoms with E-state index in [2.05, 4.69) is 48.1 Å². The first-order chi connectivity index (χ1) is 13.3. The van der Waals surface area contributed by atoms with Gasteiger partial charge in [0.25, 0.3) is 0 Å². The first-order valence-corrected chi connectivity index (χ1v) is 17.7. The second-order valence-electron chi connectivity index (χ2n) is 7.51. The third-order valence-corrected chi connectivity index (χ3v) is 16.3. The second-order valence-corrected chi connectivity index (χ2v) is 18.4. The zero-order chi connectivity index (χ0) is 21.6. The fourth-order valence-electron chi connectivity index (χ4n) is 3.17. The van der Waals surface area contributed by atoms with Crippen molar-refractivity contribution in [3.05, 3.63) is 12.2 Å². The van der Waals surface area contributed by atoms with Gasteiger partial charge in [0, 0.05) is 5.57 Å². The van der Waals surface area contributed by atoms with E-state index in [1.165, 1.54) is 0 Å². The number of hydrogen-bond donors (Lipinski definition) is 0. The van der Waals surface area contributed by atoms with Crippen molar-refractivity contribution in [3.63, 3.8) is 0 Å². The van der Waals surface area contributed by atoms with Crippen LogP contribution in [-0.4, -0.2) is 45.5 Å². The average Bonchev–Trinajstić information content (AvgIpc) is 2.72. The van der Waals surface area contributed by atoms with E-state index in [1.54, 1.807) is 6.92 Å². The highest BCUT2D eigenvalue weighted by molar-refractivity contribution is 6.74. The van der Waals surface area contributed by atoms with Gasteiger partial charge in [-0.25, -0.2) is 4.79 Å². The maximum absolute atomic E-state index is 11.4. The molecule has 28 heavy (non-hydrogen) atoms. The van der Waals surface area contributed by atoms with Crippen molar-refractivity contribution in [2.45, 2.75) is 104 Å². The number of rotatable bonds is 17. The fraction of sp³-hybridized carbons (Fsp3) is 0.850. The van der Waals surface area contributed by atoms with E-state index in [4.69, 9.17) is 18.0 Å². The van der Waals surface area contributed by atoms with Crippen molar-refractivity contribution in [2.75, 3.05) is 6.61 Å². The highest BCUT2D eigenvalue weighted by Crippen LogP contribution is 2.29. The Labute approximate surface area is 177 Å². The summed E-state index contributed by atoms with van der Waals surface area (Å²) in [7, 11) is -4.42. The SMILES string of the molecule is C=C(C)C(=O)OCCC[SiH2]OC(O[Si](CC)(CC)CC)O[Si](CC)(CC)CC. The molecule has 0 unspecified atom stereocenters. The molecule has 0 N–H and O–H groups in total. The Morgan fingerprint density at radius 1 is 0.893 bits per heavy atom. The van der Waals surface area contributed by atoms with E-state index in [1.807, 2.05) is 0 Å². The second kappa shape index (κ2) is 14.7. The maximum atomic E-state index is 11.4. The van der Waals surface area contributed by atoms with Crippen molar-refractivity contribution in [1.82, 2.24) is 0 Å². The molecule has 0 heterocycles. The van der Waals surface area contributed by atoms with E-state index in [9.17, 15) is 4.79 Å². The summed E-state index contributed by atoms with van der Waals surface area (Å²) < 4.78 is 24.6. The van der Waals surface area contributed by atoms with E-state index in [-0.39, 0.29) is 5.97 Å². The predicted molar refractivity (Wildman–Crippen MR) is 125 cm³/mol. The smallest absolute Gasteiger partial charge is 0.333 e. The molecule has 0 aliphatic rings. The topological polar surface area (TPSA) is 54.0 Å². The van der Waals surface area contributed by atoms with Crippen LogP contribution in [0.3, 0.4) is 0 Å². The minimum absolute atomic E-state index is 0.318. The van der Waals surface area contributed by atoms with Gasteiger partial charge in [-0.2, -0.15) is 0 Å². The van der Waals surface area contributed by atoms with Gasteiger partial charge < -0.3 is 18.0 Å². The number of ether oxygens (including phenoxy) is 1. The van der Waals surface area contributed by atoms with Crippen molar-refractivity contribution in [2.24, 2.45) is 0 Å². The molecule has 0 amide bonds. The lowest BCUT2D eigenvalue weighted by atomic mass is 10.4. The van der Waals surface area contributed by atoms with E-state index >= 15 is 0 Å². The summed E-state index contributed by atoms with van der Waals surface area (Å²) in [6.07, 6.45) is 0.813. The minimum Gasteiger partial charge on any atom is -0.462 e. The van der Waals surface area contributed by atoms with Crippen LogP contribution >= 0.6 is 0 Å². The molecule has 8 heteroatoms. The van der Waals surface area contributed by atoms with E-state index < -0.39 is 32.9 Å². The van der Waals surface area contributed by atoms with Crippen LogP contribution in [-0.2, 0) is 22.8 Å². The molecule has 0 rings (SSSR count). The number of hydrogen-bond acceptors (Lipinski definition) is 5. The molecule has 0 spiro atoms. The quantitative estimate of drug-likeness (QED) is 0.0988. The van der Waals surface area contributed by atoms with Gasteiger partial charge in [0.1, 0.15) is 0 Å². The van der Waals surface area contributed by atoms with Gasteiger partial charge in [-0.15, -0.1) is 0 Å². The van der Waals surface area contributed by atoms with Gasteiger partial charge in [0.2, 0.25) is 6.48 Å². The van der Waals surface area contributed by atoms with Crippen molar-refractivity contribution in [3.8, 4) is 0 Å². The maximum Gasteiger partial charge on any atom is 0.333 e. The lowest BCUT2D eigenvalue weighted by Crippen LogP contribution is -2.48. The Bertz CT molecular complexity index is 413. The van der Waals surface area contributed by atoms with Gasteiger partial charge in [-0.1, -0.05) is 48.1 Å². The molecule has 0 bridgehead atoms. The summed E-state index contributed by atoms with van der Waals surface area (Å²) in [6, 6.07) is 7.44. The molecule has 0 aromatic heterocycles. The molecule has 0 saturated heterocycles. The van der Waals surface area contributed by atoms with Crippen LogP contribution in [0.1, 0.15) is 54.9 Å². The minimum atomic E-state index is -1.81. The standard InChI is InChI=1S/C20H44O5Si3/c1-9-27(10-2,11-3)24-20(25-28(12-4,13-5)14-6)23-26-17-15-16-22-19(21)18(7)8/h20H,7,9-17,26H2,1-6,8H3. The molecule has 166 valence electrons. The molecule has 0 aliphatic carbocycles. The Kier molecular flexibility index (Phi) is 14.5. The van der Waals surface area contributed by atoms with Crippen molar-refractivity contribution < 1.29 is 22.8 Å². The van der Waals surface area contributed by atoms with Crippen LogP contribution in [0.15, 0.2) is 12.2 Å². The van der Waals surface area contributed by atoms with E-state index in [0.29, 0.717) is 12.2 Å². The lowest BCUT2D eigenvalue weighted by Gasteiger charge is -2.38. The monoisotopic (exact) mass is 448 g/mol. The summed E-state index contributed by atoms with van der Waals surface area (Å²) in [4.78, 5) is 11.4. The Balaban J connectivity index is 4.81. The largest absolute Gasteiger partial charge is 0.462 e. The van der Waals surface area contributed by atoms with Crippen molar-refractivity contribution >= 4 is 32.4 Å². The summed E-state index contributed by atoms with van der Waals surface area (Å²) in [5.41, 5.74) is 0.440. The van der Waals surface area contributed by atoms with Crippen LogP contribution in [0.4, 0.5) is 0 Å². The zero-order valence-electron chi connectivity index (χ0n) is 19.4. The highest BCUT2D eigenvalue weighted by atomic mass is 28.4. The average molecular weight is 449 g/mol. The van der Waals surface area contributed by atoms with Gasteiger partial charge in [0.05, 0.1) is 6.61 Å². The third-order valence-electron chi connectivity index (χ3n) is 5.93. The molecule has 0 radical (unpaired) electrons. The number of carbonyl (C=O) groups is 1. The molecular weight excluding hydrogens is 404 g/mol. The Morgan fingerprint density at radius 3 is 1.68 bits per heavy atom. The van der Waals surface area contributed by atoms with Crippen LogP contribution in [0.25, 0.3) is 0 Å². The first-order valence-electron chi connectivity index (χ1n) is 11.1. The Hall–Kier alpha value is -0.259. The van der Waals surface area contributed by atoms with Gasteiger partial charge >= 0.3 is 5.97 Å². The fourth-order valence-corrected chi connectivity index (χ4v) is 9.49. The molecule has 0 aliphatic heterocycles. The molecule has 0 aromatic carbocycles. The van der Waals surface area contributed by atoms with Crippen LogP contribution < -0.4 is 0 Å². The number of esters is 1. The normalized spacial score (nSPS) is 12.9. The summed E-state index contributed by atoms with van der Waals surface area (Å²) in [5, 5.41) is 0. The summed E-state index contributed by atoms with van der Waals surface area (Å²) in [6.45, 7) is 18.6. The highest BCUT2D eigenvalue weighted by Gasteiger charge is 2.38. The molecule has 5 nitrogen and oxygen atoms in total. The third kappa shape index (κ3) is 9.49. The molecule has 0 fully saturated rings. The zero-order valence-corrected chi connectivity index (χ0v) is 22.8. The first kappa shape index (κ1) is 27.7. The van der Waals surface area contributed by atoms with Crippen LogP contribution in [0.5, 0.6) is 0 Å². The van der Waals surface area contributed by atoms with Crippen LogP contribution in [0.2, 0.25) is 42.3 Å². The van der Waals surface area contributed by atoms with E-state index in [0.717, 1.165) is 48.7 Å².